The van der Waals surface area contributed by atoms with Gasteiger partial charge in [0.25, 0.3) is 0 Å². The van der Waals surface area contributed by atoms with E-state index in [4.69, 9.17) is 18.9 Å². The molecule has 1 aliphatic rings. The van der Waals surface area contributed by atoms with Gasteiger partial charge in [-0.25, -0.2) is 0 Å². The number of nitrogens with one attached hydrogen (secondary N) is 2. The van der Waals surface area contributed by atoms with Crippen LogP contribution in [0.25, 0.3) is 0 Å². The standard InChI is InChI=1S/C21H24N2O6/c1-26-13-5-7-17(28-3)15(11-13)22-19(24)21(9-10-21)20(25)23-16-12-14(27-2)6-8-18(16)29-4/h5-8,11-12H,9-10H2,1-4H3,(H,22,24)(H,23,25). The second-order valence-electron chi connectivity index (χ2n) is 6.62. The van der Waals surface area contributed by atoms with Gasteiger partial charge in [0, 0.05) is 12.1 Å². The highest BCUT2D eigenvalue weighted by atomic mass is 16.5. The van der Waals surface area contributed by atoms with Gasteiger partial charge in [0.05, 0.1) is 39.8 Å². The Kier molecular flexibility index (Phi) is 5.81. The Labute approximate surface area is 169 Å². The maximum atomic E-state index is 12.9. The van der Waals surface area contributed by atoms with Crippen molar-refractivity contribution in [2.75, 3.05) is 39.1 Å². The monoisotopic (exact) mass is 400 g/mol. The van der Waals surface area contributed by atoms with Crippen molar-refractivity contribution in [1.29, 1.82) is 0 Å². The minimum atomic E-state index is -1.15. The minimum Gasteiger partial charge on any atom is -0.497 e. The molecule has 0 atom stereocenters. The van der Waals surface area contributed by atoms with Crippen molar-refractivity contribution in [3.05, 3.63) is 36.4 Å². The lowest BCUT2D eigenvalue weighted by atomic mass is 10.0. The molecule has 0 heterocycles. The maximum Gasteiger partial charge on any atom is 0.240 e. The van der Waals surface area contributed by atoms with Gasteiger partial charge in [0.1, 0.15) is 28.4 Å². The third-order valence-electron chi connectivity index (χ3n) is 4.93. The van der Waals surface area contributed by atoms with E-state index in [0.29, 0.717) is 47.2 Å². The van der Waals surface area contributed by atoms with E-state index >= 15 is 0 Å². The molecule has 2 amide bonds. The first-order chi connectivity index (χ1) is 14.0. The largest absolute Gasteiger partial charge is 0.497 e. The number of methoxy groups -OCH3 is 4. The zero-order valence-corrected chi connectivity index (χ0v) is 16.8. The normalized spacial score (nSPS) is 13.8. The summed E-state index contributed by atoms with van der Waals surface area (Å²) in [6.07, 6.45) is 0.895. The van der Waals surface area contributed by atoms with Crippen LogP contribution in [0.5, 0.6) is 23.0 Å². The lowest BCUT2D eigenvalue weighted by molar-refractivity contribution is -0.131. The van der Waals surface area contributed by atoms with Crippen LogP contribution in [-0.4, -0.2) is 40.3 Å². The third-order valence-corrected chi connectivity index (χ3v) is 4.93. The van der Waals surface area contributed by atoms with Gasteiger partial charge in [-0.05, 0) is 37.1 Å². The van der Waals surface area contributed by atoms with Crippen LogP contribution in [0.2, 0.25) is 0 Å². The predicted octanol–water partition coefficient (Wildman–Crippen LogP) is 3.08. The molecule has 2 aromatic carbocycles. The van der Waals surface area contributed by atoms with Crippen molar-refractivity contribution in [1.82, 2.24) is 0 Å². The fourth-order valence-corrected chi connectivity index (χ4v) is 2.99. The zero-order chi connectivity index (χ0) is 21.0. The number of carbonyl (C=O) groups excluding carboxylic acids is 2. The molecule has 1 fully saturated rings. The van der Waals surface area contributed by atoms with E-state index in [1.165, 1.54) is 28.4 Å². The Balaban J connectivity index is 1.79. The average molecular weight is 400 g/mol. The van der Waals surface area contributed by atoms with Crippen LogP contribution in [0.3, 0.4) is 0 Å². The number of anilines is 2. The molecule has 1 aliphatic carbocycles. The van der Waals surface area contributed by atoms with Gasteiger partial charge in [0.15, 0.2) is 0 Å². The molecule has 8 heteroatoms. The Morgan fingerprint density at radius 3 is 1.45 bits per heavy atom. The molecule has 29 heavy (non-hydrogen) atoms. The van der Waals surface area contributed by atoms with Gasteiger partial charge in [-0.3, -0.25) is 9.59 Å². The van der Waals surface area contributed by atoms with Crippen LogP contribution >= 0.6 is 0 Å². The van der Waals surface area contributed by atoms with Crippen molar-refractivity contribution >= 4 is 23.2 Å². The van der Waals surface area contributed by atoms with E-state index in [9.17, 15) is 9.59 Å². The number of amides is 2. The summed E-state index contributed by atoms with van der Waals surface area (Å²) in [5, 5.41) is 5.59. The van der Waals surface area contributed by atoms with Crippen LogP contribution in [0.4, 0.5) is 11.4 Å². The number of carbonyl (C=O) groups is 2. The molecule has 2 N–H and O–H groups in total. The van der Waals surface area contributed by atoms with Gasteiger partial charge in [-0.2, -0.15) is 0 Å². The van der Waals surface area contributed by atoms with E-state index in [0.717, 1.165) is 0 Å². The number of ether oxygens (including phenoxy) is 4. The molecule has 0 aromatic heterocycles. The lowest BCUT2D eigenvalue weighted by Crippen LogP contribution is -2.35. The van der Waals surface area contributed by atoms with Crippen LogP contribution in [0.1, 0.15) is 12.8 Å². The van der Waals surface area contributed by atoms with Crippen molar-refractivity contribution < 1.29 is 28.5 Å². The highest BCUT2D eigenvalue weighted by molar-refractivity contribution is 6.17. The maximum absolute atomic E-state index is 12.9. The van der Waals surface area contributed by atoms with Gasteiger partial charge in [0.2, 0.25) is 11.8 Å². The highest BCUT2D eigenvalue weighted by Gasteiger charge is 2.56. The number of benzene rings is 2. The molecule has 0 saturated heterocycles. The molecule has 1 saturated carbocycles. The van der Waals surface area contributed by atoms with Gasteiger partial charge < -0.3 is 29.6 Å². The molecule has 0 aliphatic heterocycles. The van der Waals surface area contributed by atoms with Crippen molar-refractivity contribution in [2.24, 2.45) is 5.41 Å². The molecule has 0 radical (unpaired) electrons. The van der Waals surface area contributed by atoms with Crippen LogP contribution in [-0.2, 0) is 9.59 Å². The lowest BCUT2D eigenvalue weighted by Gasteiger charge is -2.18. The molecule has 8 nitrogen and oxygen atoms in total. The second kappa shape index (κ2) is 8.30. The Morgan fingerprint density at radius 2 is 1.14 bits per heavy atom. The Hall–Kier alpha value is -3.42. The predicted molar refractivity (Wildman–Crippen MR) is 108 cm³/mol. The topological polar surface area (TPSA) is 95.1 Å². The number of hydrogen-bond acceptors (Lipinski definition) is 6. The first kappa shape index (κ1) is 20.3. The van der Waals surface area contributed by atoms with E-state index in [2.05, 4.69) is 10.6 Å². The zero-order valence-electron chi connectivity index (χ0n) is 16.8. The first-order valence-corrected chi connectivity index (χ1v) is 9.04. The number of hydrogen-bond donors (Lipinski definition) is 2. The fourth-order valence-electron chi connectivity index (χ4n) is 2.99. The van der Waals surface area contributed by atoms with Crippen molar-refractivity contribution in [3.63, 3.8) is 0 Å². The summed E-state index contributed by atoms with van der Waals surface area (Å²) >= 11 is 0. The van der Waals surface area contributed by atoms with Gasteiger partial charge in [-0.1, -0.05) is 0 Å². The summed E-state index contributed by atoms with van der Waals surface area (Å²) in [5.74, 6) is 1.29. The quantitative estimate of drug-likeness (QED) is 0.662. The Morgan fingerprint density at radius 1 is 0.724 bits per heavy atom. The number of rotatable bonds is 8. The molecule has 3 rings (SSSR count). The fraction of sp³-hybridized carbons (Fsp3) is 0.333. The molecule has 0 unspecified atom stereocenters. The molecule has 0 bridgehead atoms. The van der Waals surface area contributed by atoms with E-state index in [1.807, 2.05) is 0 Å². The highest BCUT2D eigenvalue weighted by Crippen LogP contribution is 2.48. The molecule has 154 valence electrons. The SMILES string of the molecule is COc1ccc(OC)c(NC(=O)C2(C(=O)Nc3cc(OC)ccc3OC)CC2)c1. The van der Waals surface area contributed by atoms with E-state index < -0.39 is 17.2 Å². The van der Waals surface area contributed by atoms with Crippen LogP contribution in [0, 0.1) is 5.41 Å². The molecular weight excluding hydrogens is 376 g/mol. The molecule has 2 aromatic rings. The van der Waals surface area contributed by atoms with Crippen LogP contribution < -0.4 is 29.6 Å². The third kappa shape index (κ3) is 4.06. The molecule has 0 spiro atoms. The summed E-state index contributed by atoms with van der Waals surface area (Å²) in [6.45, 7) is 0. The van der Waals surface area contributed by atoms with Crippen molar-refractivity contribution in [3.8, 4) is 23.0 Å². The Bertz CT molecular complexity index is 852. The smallest absolute Gasteiger partial charge is 0.240 e. The summed E-state index contributed by atoms with van der Waals surface area (Å²) in [5.41, 5.74) is -0.271. The first-order valence-electron chi connectivity index (χ1n) is 9.04. The average Bonchev–Trinajstić information content (AvgIpc) is 3.55. The summed E-state index contributed by atoms with van der Waals surface area (Å²) < 4.78 is 21.0. The van der Waals surface area contributed by atoms with Gasteiger partial charge >= 0.3 is 0 Å². The molecular formula is C21H24N2O6. The summed E-state index contributed by atoms with van der Waals surface area (Å²) in [6, 6.07) is 10.1. The summed E-state index contributed by atoms with van der Waals surface area (Å²) in [7, 11) is 6.08. The van der Waals surface area contributed by atoms with E-state index in [1.54, 1.807) is 36.4 Å². The van der Waals surface area contributed by atoms with Gasteiger partial charge in [-0.15, -0.1) is 0 Å². The summed E-state index contributed by atoms with van der Waals surface area (Å²) in [4.78, 5) is 25.9. The minimum absolute atomic E-state index is 0.400. The van der Waals surface area contributed by atoms with E-state index in [-0.39, 0.29) is 0 Å². The van der Waals surface area contributed by atoms with Crippen LogP contribution in [0.15, 0.2) is 36.4 Å². The second-order valence-corrected chi connectivity index (χ2v) is 6.62. The van der Waals surface area contributed by atoms with Crippen molar-refractivity contribution in [2.45, 2.75) is 12.8 Å².